The molecule has 1 aliphatic rings. The first-order chi connectivity index (χ1) is 9.37. The SMILES string of the molecule is CN(C)CCNC(=O)N(C)C1(CC(=O)O)CCCCC1. The van der Waals surface area contributed by atoms with Gasteiger partial charge in [-0.05, 0) is 26.9 Å². The van der Waals surface area contributed by atoms with Crippen molar-refractivity contribution in [2.45, 2.75) is 44.1 Å². The minimum absolute atomic E-state index is 0.0323. The maximum absolute atomic E-state index is 12.2. The van der Waals surface area contributed by atoms with Crippen LogP contribution in [0.3, 0.4) is 0 Å². The van der Waals surface area contributed by atoms with Crippen LogP contribution in [-0.4, -0.2) is 66.7 Å². The molecular formula is C14H27N3O3. The van der Waals surface area contributed by atoms with E-state index in [0.29, 0.717) is 6.54 Å². The zero-order valence-corrected chi connectivity index (χ0v) is 12.8. The van der Waals surface area contributed by atoms with Gasteiger partial charge in [0.1, 0.15) is 0 Å². The molecule has 2 N–H and O–H groups in total. The van der Waals surface area contributed by atoms with Gasteiger partial charge in [0.15, 0.2) is 0 Å². The molecule has 0 bridgehead atoms. The number of rotatable bonds is 6. The predicted molar refractivity (Wildman–Crippen MR) is 77.8 cm³/mol. The van der Waals surface area contributed by atoms with Crippen molar-refractivity contribution < 1.29 is 14.7 Å². The fourth-order valence-corrected chi connectivity index (χ4v) is 2.84. The minimum atomic E-state index is -0.833. The van der Waals surface area contributed by atoms with Crippen LogP contribution < -0.4 is 5.32 Å². The van der Waals surface area contributed by atoms with Crippen molar-refractivity contribution in [3.8, 4) is 0 Å². The summed E-state index contributed by atoms with van der Waals surface area (Å²) in [5.74, 6) is -0.833. The van der Waals surface area contributed by atoms with Crippen molar-refractivity contribution in [3.05, 3.63) is 0 Å². The zero-order chi connectivity index (χ0) is 15.2. The van der Waals surface area contributed by atoms with Crippen LogP contribution in [0.5, 0.6) is 0 Å². The first-order valence-corrected chi connectivity index (χ1v) is 7.25. The second kappa shape index (κ2) is 7.47. The first kappa shape index (κ1) is 16.8. The molecule has 20 heavy (non-hydrogen) atoms. The Morgan fingerprint density at radius 1 is 1.15 bits per heavy atom. The molecule has 1 rings (SSSR count). The summed E-state index contributed by atoms with van der Waals surface area (Å²) in [6.45, 7) is 1.34. The van der Waals surface area contributed by atoms with Crippen molar-refractivity contribution in [2.75, 3.05) is 34.2 Å². The molecule has 0 atom stereocenters. The Kier molecular flexibility index (Phi) is 6.26. The maximum atomic E-state index is 12.2. The number of carboxylic acids is 1. The van der Waals surface area contributed by atoms with Crippen LogP contribution in [0.15, 0.2) is 0 Å². The van der Waals surface area contributed by atoms with Crippen LogP contribution in [0.2, 0.25) is 0 Å². The van der Waals surface area contributed by atoms with Gasteiger partial charge in [-0.3, -0.25) is 4.79 Å². The summed E-state index contributed by atoms with van der Waals surface area (Å²) < 4.78 is 0. The predicted octanol–water partition coefficient (Wildman–Crippen LogP) is 1.37. The van der Waals surface area contributed by atoms with E-state index in [4.69, 9.17) is 5.11 Å². The summed E-state index contributed by atoms with van der Waals surface area (Å²) >= 11 is 0. The molecular weight excluding hydrogens is 258 g/mol. The van der Waals surface area contributed by atoms with Gasteiger partial charge in [0.05, 0.1) is 12.0 Å². The Bertz CT molecular complexity index is 339. The van der Waals surface area contributed by atoms with Gasteiger partial charge < -0.3 is 20.2 Å². The summed E-state index contributed by atoms with van der Waals surface area (Å²) in [5, 5.41) is 12.0. The van der Waals surface area contributed by atoms with Crippen LogP contribution in [-0.2, 0) is 4.79 Å². The van der Waals surface area contributed by atoms with Gasteiger partial charge in [0.2, 0.25) is 0 Å². The Balaban J connectivity index is 2.64. The molecule has 0 aromatic rings. The summed E-state index contributed by atoms with van der Waals surface area (Å²) in [4.78, 5) is 27.0. The average Bonchev–Trinajstić information content (AvgIpc) is 2.37. The van der Waals surface area contributed by atoms with E-state index in [1.54, 1.807) is 11.9 Å². The number of nitrogens with one attached hydrogen (secondary N) is 1. The number of aliphatic carboxylic acids is 1. The number of hydrogen-bond acceptors (Lipinski definition) is 3. The third-order valence-corrected chi connectivity index (χ3v) is 4.12. The average molecular weight is 285 g/mol. The summed E-state index contributed by atoms with van der Waals surface area (Å²) in [6.07, 6.45) is 4.68. The van der Waals surface area contributed by atoms with Crippen molar-refractivity contribution >= 4 is 12.0 Å². The van der Waals surface area contributed by atoms with E-state index in [-0.39, 0.29) is 12.5 Å². The fraction of sp³-hybridized carbons (Fsp3) is 0.857. The quantitative estimate of drug-likeness (QED) is 0.773. The molecule has 0 aromatic heterocycles. The van der Waals surface area contributed by atoms with E-state index in [1.807, 2.05) is 19.0 Å². The van der Waals surface area contributed by atoms with Crippen LogP contribution in [0, 0.1) is 0 Å². The van der Waals surface area contributed by atoms with Crippen molar-refractivity contribution in [3.63, 3.8) is 0 Å². The van der Waals surface area contributed by atoms with Crippen LogP contribution in [0.4, 0.5) is 4.79 Å². The molecule has 0 unspecified atom stereocenters. The third-order valence-electron chi connectivity index (χ3n) is 4.12. The fourth-order valence-electron chi connectivity index (χ4n) is 2.84. The van der Waals surface area contributed by atoms with Crippen molar-refractivity contribution in [1.29, 1.82) is 0 Å². The highest BCUT2D eigenvalue weighted by molar-refractivity contribution is 5.76. The van der Waals surface area contributed by atoms with Crippen LogP contribution in [0.25, 0.3) is 0 Å². The summed E-state index contributed by atoms with van der Waals surface area (Å²) in [6, 6.07) is -0.171. The number of carboxylic acid groups (broad SMARTS) is 1. The number of likely N-dealkylation sites (N-methyl/N-ethyl adjacent to an activating group) is 1. The minimum Gasteiger partial charge on any atom is -0.481 e. The topological polar surface area (TPSA) is 72.9 Å². The van der Waals surface area contributed by atoms with Crippen molar-refractivity contribution in [1.82, 2.24) is 15.1 Å². The van der Waals surface area contributed by atoms with Gasteiger partial charge in [0, 0.05) is 20.1 Å². The standard InChI is InChI=1S/C14H27N3O3/c1-16(2)10-9-15-13(20)17(3)14(11-12(18)19)7-5-4-6-8-14/h4-11H2,1-3H3,(H,15,20)(H,18,19). The molecule has 0 aromatic carbocycles. The van der Waals surface area contributed by atoms with Gasteiger partial charge in [-0.15, -0.1) is 0 Å². The Hall–Kier alpha value is -1.30. The van der Waals surface area contributed by atoms with E-state index < -0.39 is 11.5 Å². The van der Waals surface area contributed by atoms with Gasteiger partial charge in [0.25, 0.3) is 0 Å². The molecule has 116 valence electrons. The lowest BCUT2D eigenvalue weighted by Crippen LogP contribution is -2.55. The highest BCUT2D eigenvalue weighted by atomic mass is 16.4. The second-order valence-electron chi connectivity index (χ2n) is 5.95. The molecule has 0 radical (unpaired) electrons. The highest BCUT2D eigenvalue weighted by Gasteiger charge is 2.40. The molecule has 6 heteroatoms. The third kappa shape index (κ3) is 4.67. The molecule has 1 aliphatic carbocycles. The molecule has 2 amide bonds. The van der Waals surface area contributed by atoms with Gasteiger partial charge >= 0.3 is 12.0 Å². The summed E-state index contributed by atoms with van der Waals surface area (Å²) in [7, 11) is 5.62. The molecule has 0 aliphatic heterocycles. The van der Waals surface area contributed by atoms with E-state index in [2.05, 4.69) is 5.32 Å². The summed E-state index contributed by atoms with van der Waals surface area (Å²) in [5.41, 5.74) is -0.522. The lowest BCUT2D eigenvalue weighted by molar-refractivity contribution is -0.140. The molecule has 0 spiro atoms. The molecule has 1 fully saturated rings. The largest absolute Gasteiger partial charge is 0.481 e. The monoisotopic (exact) mass is 285 g/mol. The zero-order valence-electron chi connectivity index (χ0n) is 12.8. The lowest BCUT2D eigenvalue weighted by atomic mass is 9.78. The van der Waals surface area contributed by atoms with Crippen LogP contribution in [0.1, 0.15) is 38.5 Å². The molecule has 0 heterocycles. The number of urea groups is 1. The second-order valence-corrected chi connectivity index (χ2v) is 5.95. The van der Waals surface area contributed by atoms with E-state index >= 15 is 0 Å². The Labute approximate surface area is 121 Å². The number of hydrogen-bond donors (Lipinski definition) is 2. The number of carbonyl (C=O) groups excluding carboxylic acids is 1. The van der Waals surface area contributed by atoms with Gasteiger partial charge in [-0.2, -0.15) is 0 Å². The number of amides is 2. The van der Waals surface area contributed by atoms with E-state index in [0.717, 1.165) is 38.6 Å². The van der Waals surface area contributed by atoms with Gasteiger partial charge in [-0.1, -0.05) is 19.3 Å². The number of carbonyl (C=O) groups is 2. The van der Waals surface area contributed by atoms with Crippen molar-refractivity contribution in [2.24, 2.45) is 0 Å². The Morgan fingerprint density at radius 3 is 2.25 bits per heavy atom. The normalized spacial score (nSPS) is 17.8. The maximum Gasteiger partial charge on any atom is 0.317 e. The molecule has 0 saturated heterocycles. The van der Waals surface area contributed by atoms with E-state index in [1.165, 1.54) is 0 Å². The molecule has 6 nitrogen and oxygen atoms in total. The Morgan fingerprint density at radius 2 is 1.75 bits per heavy atom. The lowest BCUT2D eigenvalue weighted by Gasteiger charge is -2.43. The van der Waals surface area contributed by atoms with E-state index in [9.17, 15) is 9.59 Å². The highest BCUT2D eigenvalue weighted by Crippen LogP contribution is 2.35. The first-order valence-electron chi connectivity index (χ1n) is 7.25. The smallest absolute Gasteiger partial charge is 0.317 e. The van der Waals surface area contributed by atoms with Crippen LogP contribution >= 0.6 is 0 Å². The molecule has 1 saturated carbocycles. The van der Waals surface area contributed by atoms with Gasteiger partial charge in [-0.25, -0.2) is 4.79 Å². The number of nitrogens with zero attached hydrogens (tertiary/aromatic N) is 2.